The maximum Gasteiger partial charge on any atom is 0.253 e. The molecule has 0 aromatic heterocycles. The number of hydrogen-bond acceptors (Lipinski definition) is 3. The summed E-state index contributed by atoms with van der Waals surface area (Å²) in [4.78, 5) is 3.23. The summed E-state index contributed by atoms with van der Waals surface area (Å²) in [5, 5.41) is 1.88. The molecule has 2 bridgehead atoms. The molecular formula is C17H26N2O2SSi. The molecular weight excluding hydrogens is 324 g/mol. The highest BCUT2D eigenvalue weighted by atomic mass is 32.2. The Kier molecular flexibility index (Phi) is 3.87. The Morgan fingerprint density at radius 1 is 1.26 bits per heavy atom. The Labute approximate surface area is 140 Å². The molecule has 2 fully saturated rings. The first-order chi connectivity index (χ1) is 10.6. The van der Waals surface area contributed by atoms with Crippen LogP contribution in [0, 0.1) is 6.92 Å². The zero-order valence-electron chi connectivity index (χ0n) is 14.4. The van der Waals surface area contributed by atoms with Crippen LogP contribution >= 0.6 is 0 Å². The van der Waals surface area contributed by atoms with Crippen LogP contribution in [-0.2, 0) is 10.0 Å². The fourth-order valence-electron chi connectivity index (χ4n) is 4.25. The molecule has 2 aliphatic rings. The topological polar surface area (TPSA) is 49.4 Å². The highest BCUT2D eigenvalue weighted by Crippen LogP contribution is 2.52. The van der Waals surface area contributed by atoms with Crippen LogP contribution in [0.15, 0.2) is 41.3 Å². The van der Waals surface area contributed by atoms with Gasteiger partial charge in [0.25, 0.3) is 10.0 Å². The predicted molar refractivity (Wildman–Crippen MR) is 96.2 cm³/mol. The predicted octanol–water partition coefficient (Wildman–Crippen LogP) is 3.23. The first-order valence-corrected chi connectivity index (χ1v) is 13.1. The normalized spacial score (nSPS) is 28.5. The molecule has 1 aromatic carbocycles. The summed E-state index contributed by atoms with van der Waals surface area (Å²) in [5.74, 6) is 0. The molecule has 23 heavy (non-hydrogen) atoms. The van der Waals surface area contributed by atoms with Gasteiger partial charge in [-0.05, 0) is 38.3 Å². The average molecular weight is 351 g/mol. The number of fused-ring (bicyclic) bond motifs is 2. The summed E-state index contributed by atoms with van der Waals surface area (Å²) < 4.78 is 25.7. The Morgan fingerprint density at radius 2 is 1.87 bits per heavy atom. The van der Waals surface area contributed by atoms with Gasteiger partial charge in [0.05, 0.1) is 13.0 Å². The van der Waals surface area contributed by atoms with Crippen LogP contribution in [0.2, 0.25) is 19.6 Å². The van der Waals surface area contributed by atoms with E-state index in [1.807, 2.05) is 24.1 Å². The van der Waals surface area contributed by atoms with Crippen molar-refractivity contribution in [1.29, 1.82) is 0 Å². The molecule has 126 valence electrons. The minimum Gasteiger partial charge on any atom is -0.220 e. The van der Waals surface area contributed by atoms with E-state index in [0.717, 1.165) is 24.8 Å². The minimum atomic E-state index is -3.55. The summed E-state index contributed by atoms with van der Waals surface area (Å²) >= 11 is 0. The van der Waals surface area contributed by atoms with Gasteiger partial charge in [0.15, 0.2) is 0 Å². The van der Waals surface area contributed by atoms with Gasteiger partial charge in [-0.25, -0.2) is 13.4 Å². The molecule has 1 N–H and O–H groups in total. The second kappa shape index (κ2) is 5.27. The van der Waals surface area contributed by atoms with Gasteiger partial charge in [-0.1, -0.05) is 49.5 Å². The minimum absolute atomic E-state index is 0.157. The molecule has 0 spiro atoms. The Hall–Kier alpha value is -0.953. The number of nitrogens with zero attached hydrogens (tertiary/aromatic N) is 1. The third-order valence-electron chi connectivity index (χ3n) is 5.47. The van der Waals surface area contributed by atoms with Crippen molar-refractivity contribution in [2.45, 2.75) is 61.9 Å². The summed E-state index contributed by atoms with van der Waals surface area (Å²) in [6, 6.07) is 7.26. The zero-order chi connectivity index (χ0) is 17.0. The molecule has 2 saturated heterocycles. The maximum atomic E-state index is 12.8. The molecule has 1 aromatic rings. The van der Waals surface area contributed by atoms with E-state index < -0.39 is 18.1 Å². The van der Waals surface area contributed by atoms with Crippen molar-refractivity contribution >= 4 is 18.1 Å². The highest BCUT2D eigenvalue weighted by Gasteiger charge is 2.61. The van der Waals surface area contributed by atoms with Crippen molar-refractivity contribution in [2.75, 3.05) is 0 Å². The van der Waals surface area contributed by atoms with Gasteiger partial charge in [0.2, 0.25) is 0 Å². The van der Waals surface area contributed by atoms with Crippen molar-refractivity contribution in [3.8, 4) is 0 Å². The lowest BCUT2D eigenvalue weighted by Gasteiger charge is -2.45. The first-order valence-electron chi connectivity index (χ1n) is 8.15. The fourth-order valence-corrected chi connectivity index (χ4v) is 8.51. The molecule has 2 heterocycles. The molecule has 0 amide bonds. The van der Waals surface area contributed by atoms with Crippen LogP contribution in [0.3, 0.4) is 0 Å². The monoisotopic (exact) mass is 350 g/mol. The van der Waals surface area contributed by atoms with E-state index in [9.17, 15) is 8.42 Å². The quantitative estimate of drug-likeness (QED) is 0.670. The van der Waals surface area contributed by atoms with E-state index in [0.29, 0.717) is 4.90 Å². The van der Waals surface area contributed by atoms with Crippen molar-refractivity contribution in [3.63, 3.8) is 0 Å². The molecule has 0 radical (unpaired) electrons. The summed E-state index contributed by atoms with van der Waals surface area (Å²) in [5.41, 5.74) is 2.26. The van der Waals surface area contributed by atoms with Crippen LogP contribution in [0.25, 0.3) is 0 Å². The van der Waals surface area contributed by atoms with Gasteiger partial charge < -0.3 is 0 Å². The van der Waals surface area contributed by atoms with E-state index in [2.05, 4.69) is 31.1 Å². The molecule has 6 heteroatoms. The second-order valence-electron chi connectivity index (χ2n) is 7.89. The highest BCUT2D eigenvalue weighted by molar-refractivity contribution is 7.89. The number of hydrogen-bond donors (Lipinski definition) is 1. The number of hydrazine groups is 1. The third kappa shape index (κ3) is 2.52. The molecule has 2 atom stereocenters. The van der Waals surface area contributed by atoms with Gasteiger partial charge in [0, 0.05) is 11.2 Å². The van der Waals surface area contributed by atoms with Gasteiger partial charge in [0.1, 0.15) is 0 Å². The van der Waals surface area contributed by atoms with E-state index in [-0.39, 0.29) is 11.2 Å². The number of rotatable bonds is 4. The van der Waals surface area contributed by atoms with Gasteiger partial charge in [-0.3, -0.25) is 0 Å². The van der Waals surface area contributed by atoms with Gasteiger partial charge in [-0.2, -0.15) is 0 Å². The van der Waals surface area contributed by atoms with Crippen LogP contribution in [0.1, 0.15) is 24.8 Å². The summed E-state index contributed by atoms with van der Waals surface area (Å²) in [6.07, 6.45) is 2.96. The number of sulfonamides is 1. The lowest BCUT2D eigenvalue weighted by atomic mass is 9.95. The van der Waals surface area contributed by atoms with Crippen LogP contribution in [-0.4, -0.2) is 32.7 Å². The van der Waals surface area contributed by atoms with Crippen molar-refractivity contribution < 1.29 is 8.42 Å². The molecule has 2 aliphatic heterocycles. The summed E-state index contributed by atoms with van der Waals surface area (Å²) in [6.45, 7) is 13.2. The first kappa shape index (κ1) is 16.9. The van der Waals surface area contributed by atoms with Gasteiger partial charge in [-0.15, -0.1) is 4.83 Å². The summed E-state index contributed by atoms with van der Waals surface area (Å²) in [7, 11) is -5.22. The number of aryl methyl sites for hydroxylation is 1. The maximum absolute atomic E-state index is 12.8. The largest absolute Gasteiger partial charge is 0.253 e. The molecule has 0 saturated carbocycles. The van der Waals surface area contributed by atoms with Gasteiger partial charge >= 0.3 is 0 Å². The Bertz CT molecular complexity index is 737. The van der Waals surface area contributed by atoms with E-state index in [1.165, 1.54) is 5.57 Å². The Balaban J connectivity index is 1.96. The van der Waals surface area contributed by atoms with Crippen LogP contribution < -0.4 is 4.83 Å². The molecule has 3 rings (SSSR count). The second-order valence-corrected chi connectivity index (χ2v) is 14.9. The van der Waals surface area contributed by atoms with Crippen molar-refractivity contribution in [1.82, 2.24) is 9.84 Å². The van der Waals surface area contributed by atoms with Crippen LogP contribution in [0.5, 0.6) is 0 Å². The molecule has 4 nitrogen and oxygen atoms in total. The SMILES string of the molecule is C=C1C[C@@H]2CC[C@@]1([Si](C)(C)C)N2NS(=O)(=O)c1ccc(C)cc1. The lowest BCUT2D eigenvalue weighted by molar-refractivity contribution is 0.194. The standard InChI is InChI=1S/C17H26N2O2SSi/c1-13-6-8-16(9-7-13)22(20,21)18-19-15-10-11-17(19,14(2)12-15)23(3,4)5/h6-9,15,18H,2,10-12H2,1,3-5H3/t15-,17-/m0/s1. The van der Waals surface area contributed by atoms with E-state index in [4.69, 9.17) is 0 Å². The lowest BCUT2D eigenvalue weighted by Crippen LogP contribution is -2.63. The zero-order valence-corrected chi connectivity index (χ0v) is 16.2. The number of benzene rings is 1. The smallest absolute Gasteiger partial charge is 0.220 e. The Morgan fingerprint density at radius 3 is 2.39 bits per heavy atom. The van der Waals surface area contributed by atoms with E-state index in [1.54, 1.807) is 12.1 Å². The third-order valence-corrected chi connectivity index (χ3v) is 10.1. The van der Waals surface area contributed by atoms with E-state index >= 15 is 0 Å². The van der Waals surface area contributed by atoms with Crippen LogP contribution in [0.4, 0.5) is 0 Å². The van der Waals surface area contributed by atoms with Crippen molar-refractivity contribution in [3.05, 3.63) is 42.0 Å². The molecule has 0 unspecified atom stereocenters. The fraction of sp³-hybridized carbons (Fsp3) is 0.529. The van der Waals surface area contributed by atoms with Crippen molar-refractivity contribution in [2.24, 2.45) is 0 Å². The average Bonchev–Trinajstić information content (AvgIpc) is 2.90. The number of nitrogens with one attached hydrogen (secondary N) is 1. The molecule has 0 aliphatic carbocycles.